The van der Waals surface area contributed by atoms with E-state index in [4.69, 9.17) is 4.74 Å². The van der Waals surface area contributed by atoms with Crippen LogP contribution in [0.25, 0.3) is 0 Å². The van der Waals surface area contributed by atoms with Gasteiger partial charge in [0.15, 0.2) is 0 Å². The first-order chi connectivity index (χ1) is 8.68. The minimum Gasteiger partial charge on any atom is -0.381 e. The van der Waals surface area contributed by atoms with Gasteiger partial charge in [0, 0.05) is 23.7 Å². The summed E-state index contributed by atoms with van der Waals surface area (Å²) in [6, 6.07) is 7.68. The van der Waals surface area contributed by atoms with E-state index in [1.807, 2.05) is 24.3 Å². The van der Waals surface area contributed by atoms with Crippen LogP contribution in [0.5, 0.6) is 0 Å². The smallest absolute Gasteiger partial charge is 0.252 e. The summed E-state index contributed by atoms with van der Waals surface area (Å²) in [5, 5.41) is 3.08. The van der Waals surface area contributed by atoms with Gasteiger partial charge in [-0.05, 0) is 53.7 Å². The number of amides is 1. The van der Waals surface area contributed by atoms with Crippen LogP contribution in [0.15, 0.2) is 28.7 Å². The van der Waals surface area contributed by atoms with Crippen LogP contribution >= 0.6 is 15.9 Å². The molecule has 18 heavy (non-hydrogen) atoms. The molecule has 1 amide bonds. The molecule has 98 valence electrons. The average molecular weight is 312 g/mol. The second kappa shape index (κ2) is 6.34. The van der Waals surface area contributed by atoms with Crippen LogP contribution in [0.2, 0.25) is 0 Å². The lowest BCUT2D eigenvalue weighted by Crippen LogP contribution is -2.40. The van der Waals surface area contributed by atoms with Crippen LogP contribution in [0.1, 0.15) is 30.1 Å². The van der Waals surface area contributed by atoms with Gasteiger partial charge in [-0.1, -0.05) is 12.1 Å². The first kappa shape index (κ1) is 13.6. The highest BCUT2D eigenvalue weighted by Gasteiger charge is 2.22. The van der Waals surface area contributed by atoms with Crippen molar-refractivity contribution in [2.24, 2.45) is 5.92 Å². The van der Waals surface area contributed by atoms with Crippen molar-refractivity contribution in [3.05, 3.63) is 34.3 Å². The van der Waals surface area contributed by atoms with Crippen molar-refractivity contribution in [1.82, 2.24) is 5.32 Å². The molecular formula is C14H18BrNO2. The molecule has 1 aliphatic heterocycles. The van der Waals surface area contributed by atoms with E-state index < -0.39 is 0 Å². The molecule has 4 heteroatoms. The lowest BCUT2D eigenvalue weighted by Gasteiger charge is -2.28. The Balaban J connectivity index is 1.96. The topological polar surface area (TPSA) is 38.3 Å². The van der Waals surface area contributed by atoms with Crippen molar-refractivity contribution < 1.29 is 9.53 Å². The second-order valence-corrected chi connectivity index (χ2v) is 5.55. The van der Waals surface area contributed by atoms with Gasteiger partial charge in [0.05, 0.1) is 5.56 Å². The Morgan fingerprint density at radius 1 is 1.39 bits per heavy atom. The molecule has 1 heterocycles. The normalized spacial score (nSPS) is 18.3. The standard InChI is InChI=1S/C14H18BrNO2/c1-10(11-6-8-18-9-7-11)16-14(17)12-4-2-3-5-13(12)15/h2-5,10-11H,6-9H2,1H3,(H,16,17). The molecule has 1 atom stereocenters. The van der Waals surface area contributed by atoms with Crippen molar-refractivity contribution in [3.8, 4) is 0 Å². The lowest BCUT2D eigenvalue weighted by atomic mass is 9.93. The van der Waals surface area contributed by atoms with Crippen molar-refractivity contribution in [2.75, 3.05) is 13.2 Å². The van der Waals surface area contributed by atoms with E-state index in [9.17, 15) is 4.79 Å². The highest BCUT2D eigenvalue weighted by molar-refractivity contribution is 9.10. The molecule has 3 nitrogen and oxygen atoms in total. The zero-order valence-corrected chi connectivity index (χ0v) is 12.1. The fraction of sp³-hybridized carbons (Fsp3) is 0.500. The van der Waals surface area contributed by atoms with E-state index in [0.717, 1.165) is 30.5 Å². The fourth-order valence-corrected chi connectivity index (χ4v) is 2.73. The first-order valence-electron chi connectivity index (χ1n) is 6.31. The van der Waals surface area contributed by atoms with Crippen LogP contribution in [-0.2, 0) is 4.74 Å². The molecule has 1 aromatic rings. The van der Waals surface area contributed by atoms with Gasteiger partial charge in [-0.15, -0.1) is 0 Å². The number of benzene rings is 1. The molecule has 1 aromatic carbocycles. The maximum absolute atomic E-state index is 12.1. The SMILES string of the molecule is CC(NC(=O)c1ccccc1Br)C1CCOCC1. The number of hydrogen-bond donors (Lipinski definition) is 1. The number of ether oxygens (including phenoxy) is 1. The Hall–Kier alpha value is -0.870. The molecule has 0 aliphatic carbocycles. The van der Waals surface area contributed by atoms with Crippen molar-refractivity contribution >= 4 is 21.8 Å². The molecular weight excluding hydrogens is 294 g/mol. The van der Waals surface area contributed by atoms with Crippen LogP contribution in [0.3, 0.4) is 0 Å². The number of nitrogens with one attached hydrogen (secondary N) is 1. The van der Waals surface area contributed by atoms with Gasteiger partial charge in [0.2, 0.25) is 0 Å². The number of halogens is 1. The van der Waals surface area contributed by atoms with Gasteiger partial charge < -0.3 is 10.1 Å². The molecule has 0 aromatic heterocycles. The zero-order chi connectivity index (χ0) is 13.0. The van der Waals surface area contributed by atoms with Gasteiger partial charge in [-0.2, -0.15) is 0 Å². The lowest BCUT2D eigenvalue weighted by molar-refractivity contribution is 0.0538. The van der Waals surface area contributed by atoms with Gasteiger partial charge in [0.1, 0.15) is 0 Å². The number of carbonyl (C=O) groups is 1. The van der Waals surface area contributed by atoms with Gasteiger partial charge in [-0.3, -0.25) is 4.79 Å². The molecule has 1 unspecified atom stereocenters. The molecule has 1 fully saturated rings. The van der Waals surface area contributed by atoms with E-state index in [1.54, 1.807) is 0 Å². The molecule has 1 saturated heterocycles. The summed E-state index contributed by atoms with van der Waals surface area (Å²) in [5.41, 5.74) is 0.691. The van der Waals surface area contributed by atoms with Crippen LogP contribution in [-0.4, -0.2) is 25.2 Å². The largest absolute Gasteiger partial charge is 0.381 e. The van der Waals surface area contributed by atoms with Gasteiger partial charge in [0.25, 0.3) is 5.91 Å². The minimum atomic E-state index is -0.0125. The molecule has 0 saturated carbocycles. The van der Waals surface area contributed by atoms with Gasteiger partial charge in [-0.25, -0.2) is 0 Å². The van der Waals surface area contributed by atoms with E-state index in [2.05, 4.69) is 28.2 Å². The van der Waals surface area contributed by atoms with Crippen LogP contribution < -0.4 is 5.32 Å². The number of hydrogen-bond acceptors (Lipinski definition) is 2. The summed E-state index contributed by atoms with van der Waals surface area (Å²) in [6.45, 7) is 3.69. The first-order valence-corrected chi connectivity index (χ1v) is 7.11. The quantitative estimate of drug-likeness (QED) is 0.932. The third kappa shape index (κ3) is 3.33. The molecule has 0 radical (unpaired) electrons. The number of rotatable bonds is 3. The maximum atomic E-state index is 12.1. The zero-order valence-electron chi connectivity index (χ0n) is 10.5. The van der Waals surface area contributed by atoms with Crippen molar-refractivity contribution in [2.45, 2.75) is 25.8 Å². The Bertz CT molecular complexity index is 416. The molecule has 0 spiro atoms. The van der Waals surface area contributed by atoms with E-state index in [-0.39, 0.29) is 11.9 Å². The monoisotopic (exact) mass is 311 g/mol. The number of carbonyl (C=O) groups excluding carboxylic acids is 1. The van der Waals surface area contributed by atoms with Crippen molar-refractivity contribution in [3.63, 3.8) is 0 Å². The van der Waals surface area contributed by atoms with Crippen LogP contribution in [0.4, 0.5) is 0 Å². The Morgan fingerprint density at radius 3 is 2.72 bits per heavy atom. The summed E-state index contributed by atoms with van der Waals surface area (Å²) < 4.78 is 6.17. The predicted molar refractivity (Wildman–Crippen MR) is 74.6 cm³/mol. The third-order valence-corrected chi connectivity index (χ3v) is 4.14. The predicted octanol–water partition coefficient (Wildman–Crippen LogP) is 2.99. The molecule has 2 rings (SSSR count). The van der Waals surface area contributed by atoms with E-state index in [1.165, 1.54) is 0 Å². The molecule has 1 N–H and O–H groups in total. The Morgan fingerprint density at radius 2 is 2.06 bits per heavy atom. The minimum absolute atomic E-state index is 0.0125. The van der Waals surface area contributed by atoms with Gasteiger partial charge >= 0.3 is 0 Å². The fourth-order valence-electron chi connectivity index (χ4n) is 2.26. The highest BCUT2D eigenvalue weighted by atomic mass is 79.9. The second-order valence-electron chi connectivity index (χ2n) is 4.69. The Kier molecular flexibility index (Phi) is 4.78. The van der Waals surface area contributed by atoms with Crippen LogP contribution in [0, 0.1) is 5.92 Å². The Labute approximate surface area is 116 Å². The van der Waals surface area contributed by atoms with Crippen molar-refractivity contribution in [1.29, 1.82) is 0 Å². The third-order valence-electron chi connectivity index (χ3n) is 3.45. The average Bonchev–Trinajstić information content (AvgIpc) is 2.40. The summed E-state index contributed by atoms with van der Waals surface area (Å²) in [4.78, 5) is 12.1. The maximum Gasteiger partial charge on any atom is 0.252 e. The summed E-state index contributed by atoms with van der Waals surface area (Å²) >= 11 is 3.40. The summed E-state index contributed by atoms with van der Waals surface area (Å²) in [5.74, 6) is 0.506. The van der Waals surface area contributed by atoms with E-state index >= 15 is 0 Å². The van der Waals surface area contributed by atoms with E-state index in [0.29, 0.717) is 11.5 Å². The highest BCUT2D eigenvalue weighted by Crippen LogP contribution is 2.20. The molecule has 1 aliphatic rings. The molecule has 0 bridgehead atoms. The summed E-state index contributed by atoms with van der Waals surface area (Å²) in [7, 11) is 0. The summed E-state index contributed by atoms with van der Waals surface area (Å²) in [6.07, 6.45) is 2.05.